The third-order valence-electron chi connectivity index (χ3n) is 2.78. The van der Waals surface area contributed by atoms with Gasteiger partial charge in [0.1, 0.15) is 18.5 Å². The van der Waals surface area contributed by atoms with E-state index in [2.05, 4.69) is 15.9 Å². The van der Waals surface area contributed by atoms with Gasteiger partial charge in [-0.25, -0.2) is 0 Å². The molecule has 0 amide bonds. The lowest BCUT2D eigenvalue weighted by Gasteiger charge is -2.20. The molecule has 21 heavy (non-hydrogen) atoms. The van der Waals surface area contributed by atoms with Gasteiger partial charge in [-0.3, -0.25) is 0 Å². The van der Waals surface area contributed by atoms with Gasteiger partial charge in [0, 0.05) is 4.47 Å². The van der Waals surface area contributed by atoms with E-state index in [9.17, 15) is 18.3 Å². The van der Waals surface area contributed by atoms with E-state index in [1.807, 2.05) is 0 Å². The molecule has 2 aromatic rings. The van der Waals surface area contributed by atoms with Crippen molar-refractivity contribution in [3.63, 3.8) is 0 Å². The highest BCUT2D eigenvalue weighted by atomic mass is 79.9. The molecule has 0 aliphatic carbocycles. The lowest BCUT2D eigenvalue weighted by Crippen LogP contribution is -2.20. The van der Waals surface area contributed by atoms with Crippen LogP contribution >= 0.6 is 15.9 Å². The molecular formula is C15H12BrF3O2. The van der Waals surface area contributed by atoms with E-state index >= 15 is 0 Å². The highest BCUT2D eigenvalue weighted by Crippen LogP contribution is 2.30. The van der Waals surface area contributed by atoms with Crippen LogP contribution < -0.4 is 0 Å². The zero-order chi connectivity index (χ0) is 15.5. The molecule has 2 nitrogen and oxygen atoms in total. The van der Waals surface area contributed by atoms with Crippen molar-refractivity contribution in [2.75, 3.05) is 6.61 Å². The van der Waals surface area contributed by atoms with E-state index in [1.165, 1.54) is 12.1 Å². The maximum Gasteiger partial charge on any atom is 0.411 e. The van der Waals surface area contributed by atoms with Crippen molar-refractivity contribution in [3.05, 3.63) is 64.1 Å². The molecule has 6 heteroatoms. The van der Waals surface area contributed by atoms with Crippen LogP contribution in [0.2, 0.25) is 0 Å². The lowest BCUT2D eigenvalue weighted by atomic mass is 10.0. The molecule has 0 saturated heterocycles. The number of phenolic OH excluding ortho intramolecular Hbond substituents is 1. The molecule has 0 aliphatic heterocycles. The molecule has 0 saturated carbocycles. The average Bonchev–Trinajstić information content (AvgIpc) is 2.41. The smallest absolute Gasteiger partial charge is 0.411 e. The molecular weight excluding hydrogens is 349 g/mol. The van der Waals surface area contributed by atoms with Crippen LogP contribution in [0.25, 0.3) is 0 Å². The van der Waals surface area contributed by atoms with Gasteiger partial charge in [0.15, 0.2) is 0 Å². The number of halogens is 4. The summed E-state index contributed by atoms with van der Waals surface area (Å²) >= 11 is 3.28. The summed E-state index contributed by atoms with van der Waals surface area (Å²) in [7, 11) is 0. The van der Waals surface area contributed by atoms with Crippen LogP contribution in [0.15, 0.2) is 53.0 Å². The Balaban J connectivity index is 2.29. The lowest BCUT2D eigenvalue weighted by molar-refractivity contribution is -0.182. The first-order valence-corrected chi connectivity index (χ1v) is 6.87. The Kier molecular flexibility index (Phi) is 4.90. The molecule has 0 spiro atoms. The van der Waals surface area contributed by atoms with Gasteiger partial charge < -0.3 is 9.84 Å². The summed E-state index contributed by atoms with van der Waals surface area (Å²) in [5.74, 6) is 0.0455. The van der Waals surface area contributed by atoms with E-state index < -0.39 is 18.9 Å². The molecule has 2 aromatic carbocycles. The molecule has 1 atom stereocenters. The van der Waals surface area contributed by atoms with Crippen molar-refractivity contribution in [1.29, 1.82) is 0 Å². The number of benzene rings is 2. The van der Waals surface area contributed by atoms with Crippen molar-refractivity contribution in [2.24, 2.45) is 0 Å². The summed E-state index contributed by atoms with van der Waals surface area (Å²) in [6.45, 7) is -1.34. The van der Waals surface area contributed by atoms with Gasteiger partial charge in [-0.05, 0) is 35.4 Å². The Bertz CT molecular complexity index is 534. The number of aromatic hydroxyl groups is 1. The fraction of sp³-hybridized carbons (Fsp3) is 0.200. The van der Waals surface area contributed by atoms with Crippen LogP contribution in [-0.2, 0) is 4.74 Å². The predicted octanol–water partition coefficient (Wildman–Crippen LogP) is 4.82. The fourth-order valence-electron chi connectivity index (χ4n) is 1.85. The largest absolute Gasteiger partial charge is 0.508 e. The van der Waals surface area contributed by atoms with Crippen LogP contribution in [0.1, 0.15) is 17.2 Å². The number of phenols is 1. The summed E-state index contributed by atoms with van der Waals surface area (Å²) in [6.07, 6.45) is -5.25. The maximum atomic E-state index is 12.4. The summed E-state index contributed by atoms with van der Waals surface area (Å²) in [5, 5.41) is 9.28. The zero-order valence-electron chi connectivity index (χ0n) is 10.8. The minimum absolute atomic E-state index is 0.0455. The quantitative estimate of drug-likeness (QED) is 0.846. The van der Waals surface area contributed by atoms with E-state index in [0.29, 0.717) is 11.1 Å². The molecule has 0 aliphatic rings. The van der Waals surface area contributed by atoms with E-state index in [0.717, 1.165) is 4.47 Å². The van der Waals surface area contributed by atoms with Crippen molar-refractivity contribution in [3.8, 4) is 5.75 Å². The van der Waals surface area contributed by atoms with Crippen molar-refractivity contribution >= 4 is 15.9 Å². The van der Waals surface area contributed by atoms with Gasteiger partial charge in [0.25, 0.3) is 0 Å². The minimum atomic E-state index is -4.40. The SMILES string of the molecule is Oc1ccc([C@@H](OCC(F)(F)F)c2ccc(Br)cc2)cc1. The van der Waals surface area contributed by atoms with Crippen molar-refractivity contribution in [2.45, 2.75) is 12.3 Å². The first-order valence-electron chi connectivity index (χ1n) is 6.08. The molecule has 2 rings (SSSR count). The summed E-state index contributed by atoms with van der Waals surface area (Å²) in [4.78, 5) is 0. The molecule has 0 aromatic heterocycles. The molecule has 1 N–H and O–H groups in total. The Morgan fingerprint density at radius 3 is 1.90 bits per heavy atom. The maximum absolute atomic E-state index is 12.4. The Labute approximate surface area is 128 Å². The summed E-state index contributed by atoms with van der Waals surface area (Å²) < 4.78 is 43.1. The second kappa shape index (κ2) is 6.49. The fourth-order valence-corrected chi connectivity index (χ4v) is 2.11. The van der Waals surface area contributed by atoms with Crippen LogP contribution in [0.3, 0.4) is 0 Å². The highest BCUT2D eigenvalue weighted by molar-refractivity contribution is 9.10. The van der Waals surface area contributed by atoms with E-state index in [4.69, 9.17) is 4.74 Å². The number of rotatable bonds is 4. The number of hydrogen-bond donors (Lipinski definition) is 1. The number of alkyl halides is 3. The highest BCUT2D eigenvalue weighted by Gasteiger charge is 2.30. The van der Waals surface area contributed by atoms with Gasteiger partial charge >= 0.3 is 6.18 Å². The van der Waals surface area contributed by atoms with Gasteiger partial charge in [0.2, 0.25) is 0 Å². The monoisotopic (exact) mass is 360 g/mol. The van der Waals surface area contributed by atoms with E-state index in [-0.39, 0.29) is 5.75 Å². The second-order valence-electron chi connectivity index (χ2n) is 4.45. The van der Waals surface area contributed by atoms with Crippen LogP contribution in [0, 0.1) is 0 Å². The topological polar surface area (TPSA) is 29.5 Å². The van der Waals surface area contributed by atoms with Gasteiger partial charge in [0.05, 0.1) is 0 Å². The Morgan fingerprint density at radius 2 is 1.43 bits per heavy atom. The van der Waals surface area contributed by atoms with Gasteiger partial charge in [-0.1, -0.05) is 40.2 Å². The molecule has 112 valence electrons. The first-order chi connectivity index (χ1) is 9.85. The standard InChI is InChI=1S/C15H12BrF3O2/c16-12-5-1-10(2-6-12)14(21-9-15(17,18)19)11-3-7-13(20)8-4-11/h1-8,14,20H,9H2/t14-/m0/s1. The molecule has 0 bridgehead atoms. The molecule has 0 radical (unpaired) electrons. The Morgan fingerprint density at radius 1 is 0.952 bits per heavy atom. The second-order valence-corrected chi connectivity index (χ2v) is 5.36. The third-order valence-corrected chi connectivity index (χ3v) is 3.31. The first kappa shape index (κ1) is 15.9. The molecule has 0 heterocycles. The summed E-state index contributed by atoms with van der Waals surface area (Å²) in [5.41, 5.74) is 1.15. The number of ether oxygens (including phenoxy) is 1. The predicted molar refractivity (Wildman–Crippen MR) is 76.1 cm³/mol. The average molecular weight is 361 g/mol. The van der Waals surface area contributed by atoms with Crippen LogP contribution in [-0.4, -0.2) is 17.9 Å². The molecule has 0 fully saturated rings. The third kappa shape index (κ3) is 4.75. The van der Waals surface area contributed by atoms with Gasteiger partial charge in [-0.15, -0.1) is 0 Å². The summed E-state index contributed by atoms with van der Waals surface area (Å²) in [6, 6.07) is 12.8. The number of hydrogen-bond acceptors (Lipinski definition) is 2. The van der Waals surface area contributed by atoms with Crippen LogP contribution in [0.4, 0.5) is 13.2 Å². The molecule has 0 unspecified atom stereocenters. The minimum Gasteiger partial charge on any atom is -0.508 e. The normalized spacial score (nSPS) is 13.1. The van der Waals surface area contributed by atoms with Gasteiger partial charge in [-0.2, -0.15) is 13.2 Å². The van der Waals surface area contributed by atoms with Crippen molar-refractivity contribution < 1.29 is 23.0 Å². The van der Waals surface area contributed by atoms with E-state index in [1.54, 1.807) is 36.4 Å². The van der Waals surface area contributed by atoms with Crippen molar-refractivity contribution in [1.82, 2.24) is 0 Å². The zero-order valence-corrected chi connectivity index (χ0v) is 12.4. The Hall–Kier alpha value is -1.53. The van der Waals surface area contributed by atoms with Crippen LogP contribution in [0.5, 0.6) is 5.75 Å².